The minimum absolute atomic E-state index is 0.343. The first kappa shape index (κ1) is 24.6. The lowest BCUT2D eigenvalue weighted by molar-refractivity contribution is 0.0405. The summed E-state index contributed by atoms with van der Waals surface area (Å²) in [6.07, 6.45) is -1.34. The molecule has 1 rings (SSSR count). The number of para-hydroxylation sites is 1. The molecule has 0 saturated heterocycles. The van der Waals surface area contributed by atoms with Crippen LogP contribution in [0, 0.1) is 0 Å². The number of carbonyl (C=O) groups excluding carboxylic acids is 2. The number of carbonyl (C=O) groups is 2. The maximum Gasteiger partial charge on any atom is 0.410 e. The highest BCUT2D eigenvalue weighted by Crippen LogP contribution is 2.18. The van der Waals surface area contributed by atoms with Crippen molar-refractivity contribution in [1.82, 2.24) is 16.0 Å². The first-order valence-electron chi connectivity index (χ1n) is 9.83. The van der Waals surface area contributed by atoms with Crippen molar-refractivity contribution in [2.45, 2.75) is 78.9 Å². The SMILES string of the molecule is CCCOc1ccccc1CNC(NC(=O)OC(C)(C)C)NC(=O)OC(C)(C)C. The van der Waals surface area contributed by atoms with Crippen molar-refractivity contribution in [2.75, 3.05) is 6.61 Å². The number of hydrogen-bond acceptors (Lipinski definition) is 6. The normalized spacial score (nSPS) is 11.7. The van der Waals surface area contributed by atoms with Crippen LogP contribution in [-0.2, 0) is 16.0 Å². The number of alkyl carbamates (subject to hydrolysis) is 2. The Labute approximate surface area is 173 Å². The summed E-state index contributed by atoms with van der Waals surface area (Å²) in [4.78, 5) is 24.3. The molecule has 0 aliphatic heterocycles. The Morgan fingerprint density at radius 1 is 0.931 bits per heavy atom. The predicted octanol–water partition coefficient (Wildman–Crippen LogP) is 3.90. The molecule has 29 heavy (non-hydrogen) atoms. The summed E-state index contributed by atoms with van der Waals surface area (Å²) in [5.41, 5.74) is -0.439. The van der Waals surface area contributed by atoms with Gasteiger partial charge in [0.2, 0.25) is 0 Å². The van der Waals surface area contributed by atoms with Crippen LogP contribution in [0.4, 0.5) is 9.59 Å². The lowest BCUT2D eigenvalue weighted by atomic mass is 10.2. The van der Waals surface area contributed by atoms with E-state index in [4.69, 9.17) is 14.2 Å². The number of nitrogens with one attached hydrogen (secondary N) is 3. The molecule has 1 aromatic carbocycles. The molecule has 0 aliphatic rings. The van der Waals surface area contributed by atoms with E-state index in [-0.39, 0.29) is 0 Å². The summed E-state index contributed by atoms with van der Waals surface area (Å²) in [6, 6.07) is 7.58. The van der Waals surface area contributed by atoms with E-state index in [9.17, 15) is 9.59 Å². The van der Waals surface area contributed by atoms with E-state index < -0.39 is 29.7 Å². The monoisotopic (exact) mass is 409 g/mol. The van der Waals surface area contributed by atoms with Gasteiger partial charge in [0.15, 0.2) is 6.29 Å². The molecule has 0 unspecified atom stereocenters. The molecule has 1 aromatic rings. The molecular formula is C21H35N3O5. The lowest BCUT2D eigenvalue weighted by Gasteiger charge is -2.26. The quantitative estimate of drug-likeness (QED) is 0.564. The van der Waals surface area contributed by atoms with Crippen LogP contribution in [0.5, 0.6) is 5.75 Å². The van der Waals surface area contributed by atoms with Crippen molar-refractivity contribution >= 4 is 12.2 Å². The highest BCUT2D eigenvalue weighted by atomic mass is 16.6. The van der Waals surface area contributed by atoms with Gasteiger partial charge in [-0.3, -0.25) is 16.0 Å². The van der Waals surface area contributed by atoms with Gasteiger partial charge in [-0.05, 0) is 54.0 Å². The number of hydrogen-bond donors (Lipinski definition) is 3. The lowest BCUT2D eigenvalue weighted by Crippen LogP contribution is -2.57. The van der Waals surface area contributed by atoms with E-state index in [1.807, 2.05) is 31.2 Å². The third-order valence-corrected chi connectivity index (χ3v) is 3.25. The van der Waals surface area contributed by atoms with Crippen molar-refractivity contribution in [1.29, 1.82) is 0 Å². The minimum atomic E-state index is -0.904. The Morgan fingerprint density at radius 3 is 1.93 bits per heavy atom. The van der Waals surface area contributed by atoms with Gasteiger partial charge in [0.25, 0.3) is 0 Å². The molecule has 8 heteroatoms. The zero-order valence-corrected chi connectivity index (χ0v) is 18.5. The molecule has 0 spiro atoms. The molecule has 0 bridgehead atoms. The molecule has 0 atom stereocenters. The second kappa shape index (κ2) is 10.9. The first-order valence-corrected chi connectivity index (χ1v) is 9.83. The highest BCUT2D eigenvalue weighted by Gasteiger charge is 2.23. The molecule has 164 valence electrons. The fraction of sp³-hybridized carbons (Fsp3) is 0.619. The Kier molecular flexibility index (Phi) is 9.23. The summed E-state index contributed by atoms with van der Waals surface area (Å²) >= 11 is 0. The standard InChI is InChI=1S/C21H35N3O5/c1-8-13-27-16-12-10-9-11-15(16)14-22-17(23-18(25)28-20(2,3)4)24-19(26)29-21(5,6)7/h9-12,17,22H,8,13-14H2,1-7H3,(H,23,25)(H,24,26). The van der Waals surface area contributed by atoms with Crippen LogP contribution in [0.15, 0.2) is 24.3 Å². The smallest absolute Gasteiger partial charge is 0.410 e. The van der Waals surface area contributed by atoms with Crippen LogP contribution < -0.4 is 20.7 Å². The summed E-state index contributed by atoms with van der Waals surface area (Å²) in [6.45, 7) is 13.6. The van der Waals surface area contributed by atoms with Gasteiger partial charge < -0.3 is 14.2 Å². The summed E-state index contributed by atoms with van der Waals surface area (Å²) in [5, 5.41) is 8.28. The highest BCUT2D eigenvalue weighted by molar-refractivity contribution is 5.71. The van der Waals surface area contributed by atoms with Crippen molar-refractivity contribution in [2.24, 2.45) is 0 Å². The number of rotatable bonds is 8. The van der Waals surface area contributed by atoms with Crippen LogP contribution in [0.1, 0.15) is 60.5 Å². The zero-order valence-electron chi connectivity index (χ0n) is 18.5. The van der Waals surface area contributed by atoms with Crippen LogP contribution in [-0.4, -0.2) is 36.3 Å². The third-order valence-electron chi connectivity index (χ3n) is 3.25. The number of benzene rings is 1. The van der Waals surface area contributed by atoms with Crippen LogP contribution in [0.25, 0.3) is 0 Å². The average Bonchev–Trinajstić information content (AvgIpc) is 2.55. The number of ether oxygens (including phenoxy) is 3. The van der Waals surface area contributed by atoms with Crippen LogP contribution in [0.3, 0.4) is 0 Å². The van der Waals surface area contributed by atoms with E-state index in [0.29, 0.717) is 13.2 Å². The molecule has 0 radical (unpaired) electrons. The second-order valence-corrected chi connectivity index (χ2v) is 8.56. The van der Waals surface area contributed by atoms with E-state index >= 15 is 0 Å². The molecule has 0 aromatic heterocycles. The molecule has 0 aliphatic carbocycles. The van der Waals surface area contributed by atoms with Crippen LogP contribution in [0.2, 0.25) is 0 Å². The van der Waals surface area contributed by atoms with Gasteiger partial charge >= 0.3 is 12.2 Å². The number of amides is 2. The molecule has 0 fully saturated rings. The van der Waals surface area contributed by atoms with E-state index in [0.717, 1.165) is 17.7 Å². The van der Waals surface area contributed by atoms with Gasteiger partial charge in [0.05, 0.1) is 6.61 Å². The van der Waals surface area contributed by atoms with Crippen molar-refractivity contribution in [3.05, 3.63) is 29.8 Å². The minimum Gasteiger partial charge on any atom is -0.493 e. The maximum absolute atomic E-state index is 12.2. The van der Waals surface area contributed by atoms with E-state index in [2.05, 4.69) is 16.0 Å². The molecule has 0 heterocycles. The molecule has 2 amide bonds. The summed E-state index contributed by atoms with van der Waals surface area (Å²) in [5.74, 6) is 0.745. The summed E-state index contributed by atoms with van der Waals surface area (Å²) < 4.78 is 16.3. The van der Waals surface area contributed by atoms with Gasteiger partial charge in [-0.2, -0.15) is 0 Å². The molecule has 0 saturated carbocycles. The zero-order chi connectivity index (χ0) is 22.1. The van der Waals surface area contributed by atoms with Gasteiger partial charge in [-0.1, -0.05) is 25.1 Å². The van der Waals surface area contributed by atoms with Gasteiger partial charge in [0, 0.05) is 12.1 Å². The largest absolute Gasteiger partial charge is 0.493 e. The van der Waals surface area contributed by atoms with Crippen molar-refractivity contribution in [3.63, 3.8) is 0 Å². The van der Waals surface area contributed by atoms with Crippen LogP contribution >= 0.6 is 0 Å². The van der Waals surface area contributed by atoms with Gasteiger partial charge in [-0.15, -0.1) is 0 Å². The van der Waals surface area contributed by atoms with E-state index in [1.54, 1.807) is 41.5 Å². The predicted molar refractivity (Wildman–Crippen MR) is 112 cm³/mol. The third kappa shape index (κ3) is 11.2. The van der Waals surface area contributed by atoms with E-state index in [1.165, 1.54) is 0 Å². The van der Waals surface area contributed by atoms with Gasteiger partial charge in [-0.25, -0.2) is 9.59 Å². The Hall–Kier alpha value is -2.48. The molecular weight excluding hydrogens is 374 g/mol. The first-order chi connectivity index (χ1) is 13.4. The Morgan fingerprint density at radius 2 is 1.45 bits per heavy atom. The van der Waals surface area contributed by atoms with Gasteiger partial charge in [0.1, 0.15) is 17.0 Å². The molecule has 8 nitrogen and oxygen atoms in total. The average molecular weight is 410 g/mol. The molecule has 3 N–H and O–H groups in total. The second-order valence-electron chi connectivity index (χ2n) is 8.56. The maximum atomic E-state index is 12.2. The Balaban J connectivity index is 2.83. The van der Waals surface area contributed by atoms with Crippen molar-refractivity contribution in [3.8, 4) is 5.75 Å². The fourth-order valence-electron chi connectivity index (χ4n) is 2.20. The summed E-state index contributed by atoms with van der Waals surface area (Å²) in [7, 11) is 0. The fourth-order valence-corrected chi connectivity index (χ4v) is 2.20. The van der Waals surface area contributed by atoms with Crippen molar-refractivity contribution < 1.29 is 23.8 Å². The topological polar surface area (TPSA) is 97.9 Å². The Bertz CT molecular complexity index is 635.